The number of carbonyl (C=O) groups is 1. The van der Waals surface area contributed by atoms with Gasteiger partial charge in [-0.3, -0.25) is 4.79 Å². The fourth-order valence-corrected chi connectivity index (χ4v) is 3.81. The number of ketones is 1. The van der Waals surface area contributed by atoms with Crippen LogP contribution < -0.4 is 0 Å². The minimum Gasteiger partial charge on any atom is -0.289 e. The summed E-state index contributed by atoms with van der Waals surface area (Å²) in [6, 6.07) is 9.24. The summed E-state index contributed by atoms with van der Waals surface area (Å²) in [6.07, 6.45) is -6.20. The zero-order chi connectivity index (χ0) is 21.2. The fraction of sp³-hybridized carbons (Fsp3) is 0.190. The van der Waals surface area contributed by atoms with Crippen LogP contribution in [0.5, 0.6) is 0 Å². The van der Waals surface area contributed by atoms with Crippen LogP contribution in [0.1, 0.15) is 22.3 Å². The second kappa shape index (κ2) is 8.10. The van der Waals surface area contributed by atoms with Gasteiger partial charge in [0.1, 0.15) is 0 Å². The summed E-state index contributed by atoms with van der Waals surface area (Å²) >= 11 is 1.37. The van der Waals surface area contributed by atoms with Crippen LogP contribution in [0.3, 0.4) is 0 Å². The first-order valence-electron chi connectivity index (χ1n) is 8.42. The average molecular weight is 428 g/mol. The summed E-state index contributed by atoms with van der Waals surface area (Å²) in [6.45, 7) is 0. The van der Waals surface area contributed by atoms with Crippen LogP contribution in [0.4, 0.5) is 26.3 Å². The van der Waals surface area contributed by atoms with Crippen molar-refractivity contribution >= 4 is 29.7 Å². The Morgan fingerprint density at radius 3 is 1.52 bits per heavy atom. The lowest BCUT2D eigenvalue weighted by Gasteiger charge is -2.17. The van der Waals surface area contributed by atoms with E-state index in [2.05, 4.69) is 0 Å². The molecule has 1 fully saturated rings. The maximum atomic E-state index is 12.9. The molecule has 152 valence electrons. The first-order valence-corrected chi connectivity index (χ1v) is 9.57. The Kier molecular flexibility index (Phi) is 5.93. The van der Waals surface area contributed by atoms with E-state index in [1.54, 1.807) is 0 Å². The first-order chi connectivity index (χ1) is 13.5. The summed E-state index contributed by atoms with van der Waals surface area (Å²) in [7, 11) is 0. The van der Waals surface area contributed by atoms with E-state index < -0.39 is 23.5 Å². The Morgan fingerprint density at radius 1 is 0.724 bits per heavy atom. The molecule has 0 spiro atoms. The summed E-state index contributed by atoms with van der Waals surface area (Å²) in [5.74, 6) is 0.253. The molecule has 0 saturated carbocycles. The molecule has 0 bridgehead atoms. The number of hydrogen-bond acceptors (Lipinski definition) is 2. The van der Waals surface area contributed by atoms with Crippen molar-refractivity contribution < 1.29 is 31.1 Å². The van der Waals surface area contributed by atoms with E-state index >= 15 is 0 Å². The summed E-state index contributed by atoms with van der Waals surface area (Å²) in [4.78, 5) is 12.7. The van der Waals surface area contributed by atoms with Crippen molar-refractivity contribution in [1.29, 1.82) is 0 Å². The third kappa shape index (κ3) is 5.32. The smallest absolute Gasteiger partial charge is 0.289 e. The first kappa shape index (κ1) is 21.2. The zero-order valence-electron chi connectivity index (χ0n) is 14.8. The van der Waals surface area contributed by atoms with Crippen molar-refractivity contribution in [2.45, 2.75) is 12.4 Å². The Bertz CT molecular complexity index is 908. The second-order valence-corrected chi connectivity index (χ2v) is 7.39. The number of alkyl halides is 6. The Balaban J connectivity index is 1.90. The van der Waals surface area contributed by atoms with Gasteiger partial charge in [-0.2, -0.15) is 38.1 Å². The predicted molar refractivity (Wildman–Crippen MR) is 101 cm³/mol. The van der Waals surface area contributed by atoms with Gasteiger partial charge in [0.15, 0.2) is 5.78 Å². The van der Waals surface area contributed by atoms with Gasteiger partial charge in [-0.05, 0) is 47.5 Å². The molecule has 0 aromatic heterocycles. The van der Waals surface area contributed by atoms with Crippen LogP contribution in [0.25, 0.3) is 12.2 Å². The highest BCUT2D eigenvalue weighted by Gasteiger charge is 2.31. The van der Waals surface area contributed by atoms with Crippen LogP contribution in [-0.4, -0.2) is 17.3 Å². The maximum absolute atomic E-state index is 12.9. The van der Waals surface area contributed by atoms with Crippen molar-refractivity contribution in [3.8, 4) is 0 Å². The molecule has 1 aliphatic heterocycles. The number of rotatable bonds is 2. The van der Waals surface area contributed by atoms with Crippen LogP contribution in [0.15, 0.2) is 59.7 Å². The summed E-state index contributed by atoms with van der Waals surface area (Å²) < 4.78 is 77.2. The molecule has 0 radical (unpaired) electrons. The molecule has 29 heavy (non-hydrogen) atoms. The molecule has 3 rings (SSSR count). The minimum absolute atomic E-state index is 0.240. The Morgan fingerprint density at radius 2 is 1.14 bits per heavy atom. The minimum atomic E-state index is -4.49. The van der Waals surface area contributed by atoms with Crippen molar-refractivity contribution in [3.05, 3.63) is 81.9 Å². The van der Waals surface area contributed by atoms with Crippen molar-refractivity contribution in [2.75, 3.05) is 11.5 Å². The normalized spacial score (nSPS) is 18.5. The van der Waals surface area contributed by atoms with Gasteiger partial charge >= 0.3 is 12.4 Å². The van der Waals surface area contributed by atoms with Gasteiger partial charge in [-0.1, -0.05) is 24.3 Å². The molecule has 1 aliphatic rings. The van der Waals surface area contributed by atoms with Gasteiger partial charge in [-0.25, -0.2) is 0 Å². The maximum Gasteiger partial charge on any atom is 0.416 e. The quantitative estimate of drug-likeness (QED) is 0.401. The van der Waals surface area contributed by atoms with Gasteiger partial charge in [0.2, 0.25) is 0 Å². The molecule has 0 aliphatic carbocycles. The highest BCUT2D eigenvalue weighted by atomic mass is 32.2. The summed E-state index contributed by atoms with van der Waals surface area (Å²) in [5.41, 5.74) is -0.546. The second-order valence-electron chi connectivity index (χ2n) is 6.41. The third-order valence-electron chi connectivity index (χ3n) is 4.21. The highest BCUT2D eigenvalue weighted by molar-refractivity contribution is 7.99. The number of Topliss-reactive ketones (excluding diaryl/α,β-unsaturated/α-hetero) is 1. The van der Waals surface area contributed by atoms with Crippen molar-refractivity contribution in [3.63, 3.8) is 0 Å². The molecule has 0 N–H and O–H groups in total. The van der Waals surface area contributed by atoms with Crippen LogP contribution >= 0.6 is 11.8 Å². The van der Waals surface area contributed by atoms with E-state index in [0.29, 0.717) is 22.7 Å². The van der Waals surface area contributed by atoms with Gasteiger partial charge in [0.05, 0.1) is 11.1 Å². The van der Waals surface area contributed by atoms with Gasteiger partial charge in [-0.15, -0.1) is 0 Å². The van der Waals surface area contributed by atoms with E-state index in [0.717, 1.165) is 24.3 Å². The standard InChI is InChI=1S/C21H14F6OS/c22-20(23,24)17-5-1-3-13(9-17)7-15-11-29-12-16(19(15)28)8-14-4-2-6-18(10-14)21(25,26)27/h1-10H,11-12H2/b15-7-,16-8+. The molecule has 0 atom stereocenters. The van der Waals surface area contributed by atoms with E-state index in [9.17, 15) is 31.1 Å². The highest BCUT2D eigenvalue weighted by Crippen LogP contribution is 2.33. The molecule has 0 unspecified atom stereocenters. The van der Waals surface area contributed by atoms with Gasteiger partial charge in [0.25, 0.3) is 0 Å². The third-order valence-corrected chi connectivity index (χ3v) is 5.24. The molecule has 0 amide bonds. The fourth-order valence-electron chi connectivity index (χ4n) is 2.83. The van der Waals surface area contributed by atoms with E-state index in [-0.39, 0.29) is 16.9 Å². The lowest BCUT2D eigenvalue weighted by Crippen LogP contribution is -2.16. The Hall–Kier alpha value is -2.48. The number of halogens is 6. The molecule has 2 aromatic carbocycles. The number of hydrogen-bond donors (Lipinski definition) is 0. The molecular weight excluding hydrogens is 414 g/mol. The van der Waals surface area contributed by atoms with Crippen LogP contribution in [-0.2, 0) is 17.1 Å². The van der Waals surface area contributed by atoms with Crippen molar-refractivity contribution in [1.82, 2.24) is 0 Å². The molecule has 1 heterocycles. The predicted octanol–water partition coefficient (Wildman–Crippen LogP) is 6.51. The van der Waals surface area contributed by atoms with Gasteiger partial charge in [0, 0.05) is 22.7 Å². The molecule has 2 aromatic rings. The lowest BCUT2D eigenvalue weighted by molar-refractivity contribution is -0.138. The Labute approximate surface area is 167 Å². The van der Waals surface area contributed by atoms with E-state index in [1.165, 1.54) is 48.2 Å². The van der Waals surface area contributed by atoms with Crippen LogP contribution in [0.2, 0.25) is 0 Å². The SMILES string of the molecule is O=C1/C(=C/c2cccc(C(F)(F)F)c2)CSC/C1=C/c1cccc(C(F)(F)F)c1. The molecular formula is C21H14F6OS. The molecule has 1 nitrogen and oxygen atoms in total. The van der Waals surface area contributed by atoms with E-state index in [4.69, 9.17) is 0 Å². The molecule has 8 heteroatoms. The number of benzene rings is 2. The van der Waals surface area contributed by atoms with Gasteiger partial charge < -0.3 is 0 Å². The molecule has 1 saturated heterocycles. The summed E-state index contributed by atoms with van der Waals surface area (Å²) in [5, 5.41) is 0. The lowest BCUT2D eigenvalue weighted by atomic mass is 9.99. The number of thioether (sulfide) groups is 1. The van der Waals surface area contributed by atoms with Crippen molar-refractivity contribution in [2.24, 2.45) is 0 Å². The number of carbonyl (C=O) groups excluding carboxylic acids is 1. The monoisotopic (exact) mass is 428 g/mol. The van der Waals surface area contributed by atoms with E-state index in [1.807, 2.05) is 0 Å². The average Bonchev–Trinajstić information content (AvgIpc) is 2.64. The largest absolute Gasteiger partial charge is 0.416 e. The zero-order valence-corrected chi connectivity index (χ0v) is 15.6. The topological polar surface area (TPSA) is 17.1 Å². The van der Waals surface area contributed by atoms with Crippen LogP contribution in [0, 0.1) is 0 Å².